The summed E-state index contributed by atoms with van der Waals surface area (Å²) in [5.74, 6) is 0. The SMILES string of the molecule is C.CC1(C)c2ccccc2-c2ccc(N(c3ccc(-c4ccccc4)cc3)c3cccc(-c4cc(-c5cccc(N(c6ccc(-c7ccccc7)cc6)c6ccc7c(c6)C(C)(C)c6ccccc6-7)c5)ncn4)c3)cc21.CC1(C)c2ccccc2-c2ccc(Nc3ccc(-c4ccccc4)cc3)cc21.Clc1cccc(-c2cc(-c3cccc(Cl)c3)ncn2)c1. The molecule has 18 aromatic rings. The van der Waals surface area contributed by atoms with Gasteiger partial charge >= 0.3 is 0 Å². The summed E-state index contributed by atoms with van der Waals surface area (Å²) in [6.45, 7) is 14.0. The smallest absolute Gasteiger partial charge is 0.116 e. The Balaban J connectivity index is 0.000000170. The minimum absolute atomic E-state index is 0. The Morgan fingerprint density at radius 2 is 0.480 bits per heavy atom. The van der Waals surface area contributed by atoms with E-state index in [9.17, 15) is 0 Å². The zero-order valence-corrected chi connectivity index (χ0v) is 70.2. The van der Waals surface area contributed by atoms with E-state index in [0.29, 0.717) is 10.0 Å². The summed E-state index contributed by atoms with van der Waals surface area (Å²) < 4.78 is 0. The van der Waals surface area contributed by atoms with Crippen LogP contribution in [0.25, 0.3) is 112 Å². The van der Waals surface area contributed by atoms with Gasteiger partial charge in [0.25, 0.3) is 0 Å². The maximum absolute atomic E-state index is 6.01. The van der Waals surface area contributed by atoms with Crippen molar-refractivity contribution < 1.29 is 0 Å². The molecule has 7 nitrogen and oxygen atoms in total. The minimum atomic E-state index is -0.143. The lowest BCUT2D eigenvalue weighted by atomic mass is 9.82. The zero-order chi connectivity index (χ0) is 83.1. The van der Waals surface area contributed by atoms with Crippen molar-refractivity contribution >= 4 is 68.7 Å². The summed E-state index contributed by atoms with van der Waals surface area (Å²) in [7, 11) is 0. The third-order valence-electron chi connectivity index (χ3n) is 24.4. The van der Waals surface area contributed by atoms with E-state index in [1.54, 1.807) is 12.7 Å². The molecule has 0 saturated heterocycles. The fourth-order valence-electron chi connectivity index (χ4n) is 18.0. The van der Waals surface area contributed by atoms with E-state index >= 15 is 0 Å². The Morgan fingerprint density at radius 3 is 0.846 bits per heavy atom. The van der Waals surface area contributed by atoms with Gasteiger partial charge in [-0.2, -0.15) is 0 Å². The van der Waals surface area contributed by atoms with Crippen LogP contribution in [0.15, 0.2) is 413 Å². The van der Waals surface area contributed by atoms with Gasteiger partial charge < -0.3 is 15.1 Å². The van der Waals surface area contributed by atoms with Gasteiger partial charge in [0, 0.05) is 94.0 Å². The van der Waals surface area contributed by atoms with Crippen LogP contribution >= 0.6 is 23.2 Å². The summed E-state index contributed by atoms with van der Waals surface area (Å²) in [6, 6.07) is 142. The van der Waals surface area contributed by atoms with Crippen LogP contribution < -0.4 is 15.1 Å². The van der Waals surface area contributed by atoms with E-state index in [-0.39, 0.29) is 23.7 Å². The second kappa shape index (κ2) is 33.7. The molecule has 0 fully saturated rings. The molecule has 16 aromatic carbocycles. The maximum atomic E-state index is 6.01. The summed E-state index contributed by atoms with van der Waals surface area (Å²) in [6.07, 6.45) is 3.25. The molecule has 21 rings (SSSR count). The number of halogens is 2. The number of anilines is 8. The molecule has 9 heteroatoms. The first-order valence-electron chi connectivity index (χ1n) is 41.5. The third-order valence-corrected chi connectivity index (χ3v) is 24.8. The maximum Gasteiger partial charge on any atom is 0.116 e. The largest absolute Gasteiger partial charge is 0.356 e. The fraction of sp³-hybridized carbons (Fsp3) is 0.0877. The lowest BCUT2D eigenvalue weighted by Gasteiger charge is -2.28. The molecule has 0 unspecified atom stereocenters. The van der Waals surface area contributed by atoms with Crippen molar-refractivity contribution in [3.63, 3.8) is 0 Å². The number of nitrogens with zero attached hydrogens (tertiary/aromatic N) is 6. The van der Waals surface area contributed by atoms with E-state index in [0.717, 1.165) is 90.5 Å². The quantitative estimate of drug-likeness (QED) is 0.110. The Morgan fingerprint density at radius 1 is 0.211 bits per heavy atom. The second-order valence-corrected chi connectivity index (χ2v) is 33.9. The molecule has 0 spiro atoms. The Labute approximate surface area is 732 Å². The molecule has 0 amide bonds. The molecule has 0 bridgehead atoms. The van der Waals surface area contributed by atoms with Gasteiger partial charge in [-0.3, -0.25) is 0 Å². The summed E-state index contributed by atoms with van der Waals surface area (Å²) >= 11 is 12.0. The van der Waals surface area contributed by atoms with Gasteiger partial charge in [0.05, 0.1) is 22.8 Å². The number of nitrogens with one attached hydrogen (secondary N) is 1. The van der Waals surface area contributed by atoms with E-state index < -0.39 is 0 Å². The normalized spacial score (nSPS) is 12.8. The van der Waals surface area contributed by atoms with E-state index in [2.05, 4.69) is 406 Å². The first-order chi connectivity index (χ1) is 59.5. The van der Waals surface area contributed by atoms with Gasteiger partial charge in [0.2, 0.25) is 0 Å². The molecule has 1 N–H and O–H groups in total. The zero-order valence-electron chi connectivity index (χ0n) is 68.7. The van der Waals surface area contributed by atoms with Gasteiger partial charge in [-0.15, -0.1) is 0 Å². The molecular weight excluding hydrogens is 1540 g/mol. The number of benzene rings is 16. The van der Waals surface area contributed by atoms with Gasteiger partial charge in [-0.25, -0.2) is 19.9 Å². The molecule has 0 atom stereocenters. The van der Waals surface area contributed by atoms with Gasteiger partial charge in [0.1, 0.15) is 12.7 Å². The lowest BCUT2D eigenvalue weighted by molar-refractivity contribution is 0.660. The molecule has 123 heavy (non-hydrogen) atoms. The fourth-order valence-corrected chi connectivity index (χ4v) is 18.4. The highest BCUT2D eigenvalue weighted by atomic mass is 35.5. The van der Waals surface area contributed by atoms with Crippen molar-refractivity contribution in [2.75, 3.05) is 15.1 Å². The van der Waals surface area contributed by atoms with Crippen molar-refractivity contribution in [2.24, 2.45) is 0 Å². The second-order valence-electron chi connectivity index (χ2n) is 33.0. The molecule has 3 aliphatic carbocycles. The van der Waals surface area contributed by atoms with Crippen molar-refractivity contribution in [1.82, 2.24) is 19.9 Å². The molecule has 2 heterocycles. The lowest BCUT2D eigenvalue weighted by Crippen LogP contribution is -2.16. The van der Waals surface area contributed by atoms with Crippen LogP contribution in [-0.4, -0.2) is 19.9 Å². The summed E-state index contributed by atoms with van der Waals surface area (Å²) in [5, 5.41) is 4.95. The van der Waals surface area contributed by atoms with Crippen LogP contribution in [-0.2, 0) is 16.2 Å². The Hall–Kier alpha value is -14.3. The Bertz CT molecular complexity index is 6590. The molecule has 3 aliphatic rings. The van der Waals surface area contributed by atoms with Crippen molar-refractivity contribution in [3.8, 4) is 112 Å². The van der Waals surface area contributed by atoms with E-state index in [1.165, 1.54) is 100 Å². The van der Waals surface area contributed by atoms with Crippen LogP contribution in [0, 0.1) is 0 Å². The van der Waals surface area contributed by atoms with E-state index in [4.69, 9.17) is 33.2 Å². The van der Waals surface area contributed by atoms with Crippen LogP contribution in [0.2, 0.25) is 10.0 Å². The van der Waals surface area contributed by atoms with Crippen molar-refractivity contribution in [1.29, 1.82) is 0 Å². The number of rotatable bonds is 15. The van der Waals surface area contributed by atoms with Gasteiger partial charge in [-0.05, 0) is 234 Å². The first kappa shape index (κ1) is 79.8. The average Bonchev–Trinajstić information content (AvgIpc) is 1.59. The monoisotopic (exact) mass is 1630 g/mol. The predicted molar refractivity (Wildman–Crippen MR) is 517 cm³/mol. The van der Waals surface area contributed by atoms with Gasteiger partial charge in [0.15, 0.2) is 0 Å². The third kappa shape index (κ3) is 15.8. The highest BCUT2D eigenvalue weighted by molar-refractivity contribution is 6.31. The van der Waals surface area contributed by atoms with Crippen molar-refractivity contribution in [2.45, 2.75) is 65.2 Å². The standard InChI is InChI=1S/C70H54N4.C27H23N.C16H10Cl2N2.CH4/c1-69(2)63-27-13-11-25-59(63)61-39-37-57(43-65(61)69)73(53-33-29-49(30-34-53)47-17-7-5-8-18-47)55-23-15-21-51(41-55)67-45-68(72-46-71-67)52-22-16-24-56(42-52)74(54-35-31-50(32-36-54)48-19-9-6-10-20-48)58-38-40-62-60-26-12-14-28-64(60)70(3,4)66(62)44-58;1-27(2)25-11-7-6-10-23(25)24-17-16-22(18-26(24)27)28-21-14-12-20(13-15-21)19-8-4-3-5-9-19;17-13-5-1-3-11(7-13)15-9-16(20-10-19-15)12-4-2-6-14(18)8-12;/h5-46H,1-4H3;3-18,28H,1-2H3;1-10H;1H4. The summed E-state index contributed by atoms with van der Waals surface area (Å²) in [4.78, 5) is 23.2. The van der Waals surface area contributed by atoms with Gasteiger partial charge in [-0.1, -0.05) is 339 Å². The van der Waals surface area contributed by atoms with Crippen molar-refractivity contribution in [3.05, 3.63) is 456 Å². The number of hydrogen-bond donors (Lipinski definition) is 1. The Kier molecular flexibility index (Phi) is 21.8. The van der Waals surface area contributed by atoms with Crippen LogP contribution in [0.3, 0.4) is 0 Å². The minimum Gasteiger partial charge on any atom is -0.356 e. The van der Waals surface area contributed by atoms with Crippen LogP contribution in [0.4, 0.5) is 45.5 Å². The number of aromatic nitrogens is 4. The first-order valence-corrected chi connectivity index (χ1v) is 42.2. The molecule has 2 aromatic heterocycles. The highest BCUT2D eigenvalue weighted by Gasteiger charge is 2.39. The molecule has 596 valence electrons. The summed E-state index contributed by atoms with van der Waals surface area (Å²) in [5.41, 5.74) is 39.0. The molecule has 0 saturated carbocycles. The molecule has 0 aliphatic heterocycles. The average molecular weight is 1630 g/mol. The highest BCUT2D eigenvalue weighted by Crippen LogP contribution is 2.54. The molecular formula is C114H91Cl2N7. The van der Waals surface area contributed by atoms with Crippen LogP contribution in [0.1, 0.15) is 82.3 Å². The van der Waals surface area contributed by atoms with E-state index in [1.807, 2.05) is 60.7 Å². The molecule has 0 radical (unpaired) electrons. The van der Waals surface area contributed by atoms with Crippen LogP contribution in [0.5, 0.6) is 0 Å². The number of fused-ring (bicyclic) bond motifs is 9. The topological polar surface area (TPSA) is 70.1 Å². The predicted octanol–water partition coefficient (Wildman–Crippen LogP) is 31.9. The number of hydrogen-bond acceptors (Lipinski definition) is 7.